The molecule has 158 valence electrons. The minimum Gasteiger partial charge on any atom is -0.504 e. The van der Waals surface area contributed by atoms with Gasteiger partial charge in [-0.1, -0.05) is 0 Å². The monoisotopic (exact) mass is 416 g/mol. The molecule has 30 heavy (non-hydrogen) atoms. The fourth-order valence-electron chi connectivity index (χ4n) is 3.63. The Morgan fingerprint density at radius 1 is 0.900 bits per heavy atom. The summed E-state index contributed by atoms with van der Waals surface area (Å²) in [5.41, 5.74) is 0.706. The summed E-state index contributed by atoms with van der Waals surface area (Å²) in [5, 5.41) is 67.0. The number of hydrogen-bond acceptors (Lipinski definition) is 8. The van der Waals surface area contributed by atoms with Crippen molar-refractivity contribution in [2.24, 2.45) is 11.8 Å². The van der Waals surface area contributed by atoms with Gasteiger partial charge in [0.15, 0.2) is 40.3 Å². The molecular formula is C21H20O9. The number of benzene rings is 2. The number of aliphatic carboxylic acids is 1. The van der Waals surface area contributed by atoms with E-state index in [9.17, 15) is 45.3 Å². The first kappa shape index (κ1) is 20.8. The first-order valence-electron chi connectivity index (χ1n) is 9.03. The Kier molecular flexibility index (Phi) is 5.46. The number of carboxylic acid groups (broad SMARTS) is 1. The molecule has 2 aromatic rings. The van der Waals surface area contributed by atoms with Gasteiger partial charge in [-0.05, 0) is 66.3 Å². The molecule has 0 radical (unpaired) electrons. The highest BCUT2D eigenvalue weighted by Crippen LogP contribution is 2.40. The second-order valence-corrected chi connectivity index (χ2v) is 7.30. The summed E-state index contributed by atoms with van der Waals surface area (Å²) in [6.07, 6.45) is 1.35. The van der Waals surface area contributed by atoms with Crippen LogP contribution in [-0.2, 0) is 16.0 Å². The lowest BCUT2D eigenvalue weighted by molar-refractivity contribution is -0.143. The van der Waals surface area contributed by atoms with Gasteiger partial charge in [0.1, 0.15) is 0 Å². The number of ketones is 1. The molecule has 2 aromatic carbocycles. The SMILES string of the molecule is O=C(O)C1C/C(=C/c2cc(O)c(O)c(O)c2)C(=O)C(Cc2cc(O)c(O)c(O)c2)C1. The van der Waals surface area contributed by atoms with Crippen LogP contribution in [0.1, 0.15) is 24.0 Å². The molecule has 0 amide bonds. The molecule has 1 saturated carbocycles. The van der Waals surface area contributed by atoms with Crippen molar-refractivity contribution in [3.8, 4) is 34.5 Å². The maximum atomic E-state index is 13.0. The second-order valence-electron chi connectivity index (χ2n) is 7.30. The van der Waals surface area contributed by atoms with E-state index in [1.165, 1.54) is 18.2 Å². The predicted molar refractivity (Wildman–Crippen MR) is 103 cm³/mol. The summed E-state index contributed by atoms with van der Waals surface area (Å²) in [7, 11) is 0. The maximum absolute atomic E-state index is 13.0. The molecule has 1 aliphatic carbocycles. The van der Waals surface area contributed by atoms with Gasteiger partial charge in [0.25, 0.3) is 0 Å². The van der Waals surface area contributed by atoms with Crippen molar-refractivity contribution in [1.29, 1.82) is 0 Å². The topological polar surface area (TPSA) is 176 Å². The average Bonchev–Trinajstić information content (AvgIpc) is 2.66. The fourth-order valence-corrected chi connectivity index (χ4v) is 3.63. The summed E-state index contributed by atoms with van der Waals surface area (Å²) < 4.78 is 0. The molecule has 0 aliphatic heterocycles. The molecule has 1 fully saturated rings. The summed E-state index contributed by atoms with van der Waals surface area (Å²) >= 11 is 0. The lowest BCUT2D eigenvalue weighted by Gasteiger charge is -2.28. The third kappa shape index (κ3) is 4.09. The predicted octanol–water partition coefficient (Wildman–Crippen LogP) is 2.23. The van der Waals surface area contributed by atoms with Crippen LogP contribution in [0.15, 0.2) is 29.8 Å². The highest BCUT2D eigenvalue weighted by Gasteiger charge is 2.36. The molecule has 1 aliphatic rings. The molecule has 2 unspecified atom stereocenters. The minimum absolute atomic E-state index is 0.0213. The van der Waals surface area contributed by atoms with E-state index in [-0.39, 0.29) is 36.2 Å². The first-order chi connectivity index (χ1) is 14.1. The number of carboxylic acids is 1. The van der Waals surface area contributed by atoms with Crippen molar-refractivity contribution in [3.63, 3.8) is 0 Å². The molecule has 9 heteroatoms. The van der Waals surface area contributed by atoms with E-state index in [1.807, 2.05) is 0 Å². The number of allylic oxidation sites excluding steroid dienone is 1. The van der Waals surface area contributed by atoms with Crippen LogP contribution in [0.3, 0.4) is 0 Å². The largest absolute Gasteiger partial charge is 0.504 e. The zero-order valence-corrected chi connectivity index (χ0v) is 15.6. The van der Waals surface area contributed by atoms with Crippen LogP contribution in [0.2, 0.25) is 0 Å². The summed E-state index contributed by atoms with van der Waals surface area (Å²) in [5.74, 6) is -6.78. The normalized spacial score (nSPS) is 20.4. The number of carbonyl (C=O) groups excluding carboxylic acids is 1. The summed E-state index contributed by atoms with van der Waals surface area (Å²) in [4.78, 5) is 24.6. The van der Waals surface area contributed by atoms with Crippen molar-refractivity contribution >= 4 is 17.8 Å². The van der Waals surface area contributed by atoms with Gasteiger partial charge >= 0.3 is 5.97 Å². The Balaban J connectivity index is 1.95. The Morgan fingerprint density at radius 2 is 1.40 bits per heavy atom. The lowest BCUT2D eigenvalue weighted by Crippen LogP contribution is -2.32. The molecule has 0 bridgehead atoms. The second kappa shape index (κ2) is 7.86. The zero-order chi connectivity index (χ0) is 22.2. The number of hydrogen-bond donors (Lipinski definition) is 7. The lowest BCUT2D eigenvalue weighted by atomic mass is 9.74. The van der Waals surface area contributed by atoms with Gasteiger partial charge in [-0.25, -0.2) is 0 Å². The molecular weight excluding hydrogens is 396 g/mol. The van der Waals surface area contributed by atoms with Crippen molar-refractivity contribution in [3.05, 3.63) is 41.0 Å². The third-order valence-corrected chi connectivity index (χ3v) is 5.12. The number of phenolic OH excluding ortho intramolecular Hbond substituents is 6. The van der Waals surface area contributed by atoms with Crippen molar-refractivity contribution in [2.75, 3.05) is 0 Å². The average molecular weight is 416 g/mol. The summed E-state index contributed by atoms with van der Waals surface area (Å²) in [6.45, 7) is 0. The Bertz CT molecular complexity index is 1010. The molecule has 0 spiro atoms. The third-order valence-electron chi connectivity index (χ3n) is 5.12. The van der Waals surface area contributed by atoms with Crippen LogP contribution in [0.25, 0.3) is 6.08 Å². The van der Waals surface area contributed by atoms with E-state index in [0.29, 0.717) is 5.56 Å². The van der Waals surface area contributed by atoms with E-state index in [2.05, 4.69) is 0 Å². The maximum Gasteiger partial charge on any atom is 0.306 e. The quantitative estimate of drug-likeness (QED) is 0.291. The van der Waals surface area contributed by atoms with Crippen LogP contribution >= 0.6 is 0 Å². The Hall–Kier alpha value is -3.88. The van der Waals surface area contributed by atoms with Gasteiger partial charge in [-0.15, -0.1) is 0 Å². The van der Waals surface area contributed by atoms with E-state index >= 15 is 0 Å². The zero-order valence-electron chi connectivity index (χ0n) is 15.6. The highest BCUT2D eigenvalue weighted by molar-refractivity contribution is 6.03. The van der Waals surface area contributed by atoms with Gasteiger partial charge < -0.3 is 35.7 Å². The van der Waals surface area contributed by atoms with Crippen molar-refractivity contribution in [2.45, 2.75) is 19.3 Å². The van der Waals surface area contributed by atoms with Crippen molar-refractivity contribution in [1.82, 2.24) is 0 Å². The molecule has 0 saturated heterocycles. The molecule has 3 rings (SSSR count). The molecule has 7 N–H and O–H groups in total. The van der Waals surface area contributed by atoms with Crippen LogP contribution < -0.4 is 0 Å². The van der Waals surface area contributed by atoms with Crippen LogP contribution in [0.5, 0.6) is 34.5 Å². The van der Waals surface area contributed by atoms with Gasteiger partial charge in [0.05, 0.1) is 5.92 Å². The van der Waals surface area contributed by atoms with E-state index in [4.69, 9.17) is 0 Å². The van der Waals surface area contributed by atoms with Gasteiger partial charge in [0, 0.05) is 5.92 Å². The number of rotatable bonds is 4. The van der Waals surface area contributed by atoms with Crippen molar-refractivity contribution < 1.29 is 45.3 Å². The van der Waals surface area contributed by atoms with Gasteiger partial charge in [-0.3, -0.25) is 9.59 Å². The number of carbonyl (C=O) groups is 2. The van der Waals surface area contributed by atoms with E-state index < -0.39 is 52.3 Å². The van der Waals surface area contributed by atoms with E-state index in [0.717, 1.165) is 12.1 Å². The van der Waals surface area contributed by atoms with E-state index in [1.54, 1.807) is 0 Å². The smallest absolute Gasteiger partial charge is 0.306 e. The van der Waals surface area contributed by atoms with Crippen LogP contribution in [0, 0.1) is 11.8 Å². The Morgan fingerprint density at radius 3 is 1.90 bits per heavy atom. The Labute approximate surface area is 170 Å². The first-order valence-corrected chi connectivity index (χ1v) is 9.03. The number of aromatic hydroxyl groups is 6. The molecule has 9 nitrogen and oxygen atoms in total. The minimum atomic E-state index is -1.09. The van der Waals surface area contributed by atoms with Crippen LogP contribution in [-0.4, -0.2) is 47.5 Å². The number of Topliss-reactive ketones (excluding diaryl/α,β-unsaturated/α-hetero) is 1. The highest BCUT2D eigenvalue weighted by atomic mass is 16.4. The summed E-state index contributed by atoms with van der Waals surface area (Å²) in [6, 6.07) is 4.63. The molecule has 2 atom stereocenters. The molecule has 0 heterocycles. The number of phenols is 6. The van der Waals surface area contributed by atoms with Gasteiger partial charge in [0.2, 0.25) is 0 Å². The fraction of sp³-hybridized carbons (Fsp3) is 0.238. The van der Waals surface area contributed by atoms with Gasteiger partial charge in [-0.2, -0.15) is 0 Å². The standard InChI is InChI=1S/C21H20O9/c22-14-3-9(4-15(23)19(14)27)1-11-7-13(21(29)30)8-12(18(11)26)2-10-5-16(24)20(28)17(25)6-10/h1,3-6,12-13,22-25,27-28H,2,7-8H2,(H,29,30)/b11-1-. The van der Waals surface area contributed by atoms with Crippen LogP contribution in [0.4, 0.5) is 0 Å². The molecule has 0 aromatic heterocycles.